The quantitative estimate of drug-likeness (QED) is 0.602. The predicted octanol–water partition coefficient (Wildman–Crippen LogP) is 2.24. The van der Waals surface area contributed by atoms with E-state index >= 15 is 0 Å². The Kier molecular flexibility index (Phi) is 4.65. The van der Waals surface area contributed by atoms with Crippen molar-refractivity contribution in [3.05, 3.63) is 0 Å². The third-order valence-electron chi connectivity index (χ3n) is 2.09. The average Bonchev–Trinajstić information content (AvgIpc) is 2.00. The highest BCUT2D eigenvalue weighted by Crippen LogP contribution is 2.19. The van der Waals surface area contributed by atoms with Gasteiger partial charge in [-0.2, -0.15) is 0 Å². The highest BCUT2D eigenvalue weighted by molar-refractivity contribution is 4.71. The van der Waals surface area contributed by atoms with Gasteiger partial charge >= 0.3 is 0 Å². The molecule has 0 heterocycles. The number of hydrogen-bond donors (Lipinski definition) is 1. The summed E-state index contributed by atoms with van der Waals surface area (Å²) in [5.41, 5.74) is -0.0873. The van der Waals surface area contributed by atoms with E-state index in [1.54, 1.807) is 0 Å². The maximum atomic E-state index is 5.16. The lowest BCUT2D eigenvalue weighted by Crippen LogP contribution is -2.30. The van der Waals surface area contributed by atoms with Crippen molar-refractivity contribution in [1.29, 1.82) is 0 Å². The van der Waals surface area contributed by atoms with Crippen molar-refractivity contribution < 1.29 is 4.84 Å². The fourth-order valence-corrected chi connectivity index (χ4v) is 0.870. The predicted molar refractivity (Wildman–Crippen MR) is 43.5 cm³/mol. The highest BCUT2D eigenvalue weighted by Gasteiger charge is 2.20. The van der Waals surface area contributed by atoms with Crippen molar-refractivity contribution in [3.8, 4) is 0 Å². The molecule has 0 aromatic carbocycles. The lowest BCUT2D eigenvalue weighted by atomic mass is 9.96. The molecule has 2 heteroatoms. The minimum atomic E-state index is -0.0873. The Balaban J connectivity index is 3.58. The minimum absolute atomic E-state index is 0.0873. The van der Waals surface area contributed by atoms with Gasteiger partial charge in [-0.3, -0.25) is 4.84 Å². The summed E-state index contributed by atoms with van der Waals surface area (Å²) in [4.78, 5) is 4.89. The first kappa shape index (κ1) is 9.92. The molecule has 62 valence electrons. The summed E-state index contributed by atoms with van der Waals surface area (Å²) in [5, 5.41) is 0. The summed E-state index contributed by atoms with van der Waals surface area (Å²) >= 11 is 0. The van der Waals surface area contributed by atoms with Crippen LogP contribution in [0.2, 0.25) is 0 Å². The van der Waals surface area contributed by atoms with Gasteiger partial charge in [0.05, 0.1) is 5.60 Å². The fraction of sp³-hybridized carbons (Fsp3) is 1.00. The van der Waals surface area contributed by atoms with Crippen molar-refractivity contribution in [3.63, 3.8) is 0 Å². The summed E-state index contributed by atoms with van der Waals surface area (Å²) in [6.45, 7) is 6.33. The Labute approximate surface area is 63.7 Å². The first-order valence-corrected chi connectivity index (χ1v) is 4.06. The second-order valence-electron chi connectivity index (χ2n) is 3.02. The van der Waals surface area contributed by atoms with Crippen molar-refractivity contribution >= 4 is 0 Å². The first-order chi connectivity index (χ1) is 4.68. The van der Waals surface area contributed by atoms with Gasteiger partial charge in [0.2, 0.25) is 0 Å². The summed E-state index contributed by atoms with van der Waals surface area (Å²) in [6, 6.07) is 0. The van der Waals surface area contributed by atoms with E-state index in [0.29, 0.717) is 0 Å². The van der Waals surface area contributed by atoms with Gasteiger partial charge in [0.15, 0.2) is 0 Å². The minimum Gasteiger partial charge on any atom is -0.298 e. The normalized spacial score (nSPS) is 16.8. The maximum absolute atomic E-state index is 5.16. The fourth-order valence-electron chi connectivity index (χ4n) is 0.870. The Bertz CT molecular complexity index is 79.3. The number of hydrogen-bond acceptors (Lipinski definition) is 2. The van der Waals surface area contributed by atoms with E-state index in [-0.39, 0.29) is 5.60 Å². The lowest BCUT2D eigenvalue weighted by Gasteiger charge is -2.24. The molecule has 0 aliphatic carbocycles. The average molecular weight is 145 g/mol. The molecule has 0 bridgehead atoms. The third kappa shape index (κ3) is 3.18. The van der Waals surface area contributed by atoms with Gasteiger partial charge in [-0.25, -0.2) is 5.90 Å². The topological polar surface area (TPSA) is 35.2 Å². The lowest BCUT2D eigenvalue weighted by molar-refractivity contribution is -0.0439. The summed E-state index contributed by atoms with van der Waals surface area (Å²) < 4.78 is 0. The van der Waals surface area contributed by atoms with Gasteiger partial charge in [-0.05, 0) is 19.8 Å². The molecule has 0 saturated carbocycles. The number of nitrogens with two attached hydrogens (primary N) is 1. The van der Waals surface area contributed by atoms with Crippen LogP contribution in [-0.2, 0) is 4.84 Å². The van der Waals surface area contributed by atoms with Crippen LogP contribution in [-0.4, -0.2) is 5.60 Å². The van der Waals surface area contributed by atoms with Gasteiger partial charge in [-0.1, -0.05) is 26.7 Å². The molecule has 10 heavy (non-hydrogen) atoms. The van der Waals surface area contributed by atoms with E-state index in [0.717, 1.165) is 12.8 Å². The Morgan fingerprint density at radius 3 is 2.30 bits per heavy atom. The molecule has 1 unspecified atom stereocenters. The number of unbranched alkanes of at least 4 members (excludes halogenated alkanes) is 1. The van der Waals surface area contributed by atoms with Crippen LogP contribution < -0.4 is 5.90 Å². The first-order valence-electron chi connectivity index (χ1n) is 4.06. The van der Waals surface area contributed by atoms with Crippen LogP contribution in [0.3, 0.4) is 0 Å². The second kappa shape index (κ2) is 4.69. The molecular formula is C8H19NO. The summed E-state index contributed by atoms with van der Waals surface area (Å²) in [5.74, 6) is 5.16. The maximum Gasteiger partial charge on any atom is 0.0863 e. The molecule has 0 aliphatic rings. The molecule has 0 radical (unpaired) electrons. The van der Waals surface area contributed by atoms with E-state index in [1.807, 2.05) is 0 Å². The summed E-state index contributed by atoms with van der Waals surface area (Å²) in [6.07, 6.45) is 4.46. The molecule has 0 saturated heterocycles. The second-order valence-corrected chi connectivity index (χ2v) is 3.02. The van der Waals surface area contributed by atoms with E-state index in [4.69, 9.17) is 10.7 Å². The Morgan fingerprint density at radius 1 is 1.40 bits per heavy atom. The van der Waals surface area contributed by atoms with E-state index in [2.05, 4.69) is 20.8 Å². The van der Waals surface area contributed by atoms with Crippen LogP contribution in [0.4, 0.5) is 0 Å². The van der Waals surface area contributed by atoms with Crippen LogP contribution in [0, 0.1) is 0 Å². The SMILES string of the molecule is CCCCC(C)(CC)ON. The zero-order valence-corrected chi connectivity index (χ0v) is 7.31. The van der Waals surface area contributed by atoms with Crippen LogP contribution in [0.1, 0.15) is 46.5 Å². The van der Waals surface area contributed by atoms with Crippen LogP contribution in [0.15, 0.2) is 0 Å². The van der Waals surface area contributed by atoms with Gasteiger partial charge in [0.25, 0.3) is 0 Å². The van der Waals surface area contributed by atoms with Crippen LogP contribution in [0.5, 0.6) is 0 Å². The molecule has 0 rings (SSSR count). The zero-order valence-electron chi connectivity index (χ0n) is 7.31. The standard InChI is InChI=1S/C8H19NO/c1-4-6-7-8(3,5-2)10-9/h4-7,9H2,1-3H3. The van der Waals surface area contributed by atoms with Crippen LogP contribution in [0.25, 0.3) is 0 Å². The molecule has 0 spiro atoms. The van der Waals surface area contributed by atoms with Crippen LogP contribution >= 0.6 is 0 Å². The smallest absolute Gasteiger partial charge is 0.0863 e. The van der Waals surface area contributed by atoms with E-state index in [9.17, 15) is 0 Å². The monoisotopic (exact) mass is 145 g/mol. The van der Waals surface area contributed by atoms with Gasteiger partial charge in [0.1, 0.15) is 0 Å². The molecule has 2 N–H and O–H groups in total. The zero-order chi connectivity index (χ0) is 8.04. The van der Waals surface area contributed by atoms with Gasteiger partial charge in [0, 0.05) is 0 Å². The molecule has 0 aliphatic heterocycles. The van der Waals surface area contributed by atoms with Crippen molar-refractivity contribution in [2.24, 2.45) is 5.90 Å². The molecule has 0 aromatic rings. The molecular weight excluding hydrogens is 126 g/mol. The number of rotatable bonds is 5. The van der Waals surface area contributed by atoms with Gasteiger partial charge in [-0.15, -0.1) is 0 Å². The highest BCUT2D eigenvalue weighted by atomic mass is 16.6. The van der Waals surface area contributed by atoms with E-state index in [1.165, 1.54) is 12.8 Å². The molecule has 0 aromatic heterocycles. The van der Waals surface area contributed by atoms with Crippen molar-refractivity contribution in [1.82, 2.24) is 0 Å². The van der Waals surface area contributed by atoms with Gasteiger partial charge < -0.3 is 0 Å². The Morgan fingerprint density at radius 2 is 2.00 bits per heavy atom. The van der Waals surface area contributed by atoms with Crippen molar-refractivity contribution in [2.45, 2.75) is 52.1 Å². The van der Waals surface area contributed by atoms with Crippen molar-refractivity contribution in [2.75, 3.05) is 0 Å². The van der Waals surface area contributed by atoms with E-state index < -0.39 is 0 Å². The largest absolute Gasteiger partial charge is 0.298 e. The Hall–Kier alpha value is -0.0800. The summed E-state index contributed by atoms with van der Waals surface area (Å²) in [7, 11) is 0. The molecule has 1 atom stereocenters. The third-order valence-corrected chi connectivity index (χ3v) is 2.09. The molecule has 0 fully saturated rings. The molecule has 2 nitrogen and oxygen atoms in total. The molecule has 0 amide bonds.